The number of fused-ring (bicyclic) bond motifs is 1. The Hall–Kier alpha value is -2.26. The lowest BCUT2D eigenvalue weighted by atomic mass is 10.0. The van der Waals surface area contributed by atoms with E-state index in [0.717, 1.165) is 35.9 Å². The SMILES string of the molecule is O=C(Nc1ccccc1)c1ccc2[nH]cc(CCCCCl)c2c1. The van der Waals surface area contributed by atoms with Gasteiger partial charge < -0.3 is 10.3 Å². The monoisotopic (exact) mass is 326 g/mol. The van der Waals surface area contributed by atoms with Gasteiger partial charge in [0.2, 0.25) is 0 Å². The molecule has 0 aliphatic heterocycles. The molecule has 0 spiro atoms. The van der Waals surface area contributed by atoms with E-state index in [9.17, 15) is 4.79 Å². The molecule has 0 saturated heterocycles. The molecule has 1 aromatic heterocycles. The Morgan fingerprint density at radius 3 is 2.70 bits per heavy atom. The number of nitrogens with one attached hydrogen (secondary N) is 2. The summed E-state index contributed by atoms with van der Waals surface area (Å²) in [5.74, 6) is 0.596. The first-order chi connectivity index (χ1) is 11.3. The number of para-hydroxylation sites is 1. The smallest absolute Gasteiger partial charge is 0.255 e. The summed E-state index contributed by atoms with van der Waals surface area (Å²) in [7, 11) is 0. The Balaban J connectivity index is 1.81. The average molecular weight is 327 g/mol. The number of hydrogen-bond acceptors (Lipinski definition) is 1. The second kappa shape index (κ2) is 7.34. The van der Waals surface area contributed by atoms with E-state index in [0.29, 0.717) is 11.4 Å². The van der Waals surface area contributed by atoms with Crippen molar-refractivity contribution < 1.29 is 4.79 Å². The van der Waals surface area contributed by atoms with E-state index < -0.39 is 0 Å². The predicted octanol–water partition coefficient (Wildman–Crippen LogP) is 4.98. The number of carbonyl (C=O) groups excluding carboxylic acids is 1. The van der Waals surface area contributed by atoms with Gasteiger partial charge in [-0.1, -0.05) is 18.2 Å². The Kier molecular flexibility index (Phi) is 4.99. The summed E-state index contributed by atoms with van der Waals surface area (Å²) < 4.78 is 0. The van der Waals surface area contributed by atoms with Crippen LogP contribution in [0.25, 0.3) is 10.9 Å². The van der Waals surface area contributed by atoms with E-state index >= 15 is 0 Å². The number of carbonyl (C=O) groups is 1. The van der Waals surface area contributed by atoms with Crippen LogP contribution in [0.1, 0.15) is 28.8 Å². The lowest BCUT2D eigenvalue weighted by Crippen LogP contribution is -2.11. The number of aryl methyl sites for hydroxylation is 1. The number of halogens is 1. The van der Waals surface area contributed by atoms with Crippen LogP contribution in [0.4, 0.5) is 5.69 Å². The Morgan fingerprint density at radius 2 is 1.91 bits per heavy atom. The van der Waals surface area contributed by atoms with Crippen LogP contribution in [0, 0.1) is 0 Å². The Morgan fingerprint density at radius 1 is 1.09 bits per heavy atom. The van der Waals surface area contributed by atoms with Gasteiger partial charge in [-0.3, -0.25) is 4.79 Å². The van der Waals surface area contributed by atoms with Crippen LogP contribution in [-0.4, -0.2) is 16.8 Å². The molecule has 0 atom stereocenters. The van der Waals surface area contributed by atoms with Crippen LogP contribution in [-0.2, 0) is 6.42 Å². The number of H-pyrrole nitrogens is 1. The molecule has 3 nitrogen and oxygen atoms in total. The van der Waals surface area contributed by atoms with Crippen molar-refractivity contribution >= 4 is 34.1 Å². The summed E-state index contributed by atoms with van der Waals surface area (Å²) in [5.41, 5.74) is 3.76. The third-order valence-corrected chi connectivity index (χ3v) is 4.16. The van der Waals surface area contributed by atoms with Crippen LogP contribution in [0.5, 0.6) is 0 Å². The first-order valence-electron chi connectivity index (χ1n) is 7.80. The maximum Gasteiger partial charge on any atom is 0.255 e. The molecule has 3 rings (SSSR count). The number of benzene rings is 2. The van der Waals surface area contributed by atoms with Crippen molar-refractivity contribution in [3.63, 3.8) is 0 Å². The Bertz CT molecular complexity index is 795. The molecule has 0 aliphatic rings. The van der Waals surface area contributed by atoms with Gasteiger partial charge in [-0.15, -0.1) is 11.6 Å². The van der Waals surface area contributed by atoms with E-state index in [2.05, 4.69) is 10.3 Å². The summed E-state index contributed by atoms with van der Waals surface area (Å²) in [4.78, 5) is 15.7. The minimum absolute atomic E-state index is 0.0917. The van der Waals surface area contributed by atoms with Gasteiger partial charge in [-0.05, 0) is 55.2 Å². The number of aromatic amines is 1. The number of alkyl halides is 1. The first kappa shape index (κ1) is 15.6. The number of unbranched alkanes of at least 4 members (excludes halogenated alkanes) is 1. The molecule has 0 unspecified atom stereocenters. The maximum absolute atomic E-state index is 12.4. The minimum atomic E-state index is -0.0917. The molecule has 3 aromatic rings. The maximum atomic E-state index is 12.4. The van der Waals surface area contributed by atoms with E-state index in [-0.39, 0.29) is 5.91 Å². The average Bonchev–Trinajstić information content (AvgIpc) is 2.98. The quantitative estimate of drug-likeness (QED) is 0.487. The zero-order valence-electron chi connectivity index (χ0n) is 12.8. The summed E-state index contributed by atoms with van der Waals surface area (Å²) in [6, 6.07) is 15.3. The van der Waals surface area contributed by atoms with E-state index in [1.54, 1.807) is 0 Å². The molecule has 23 heavy (non-hydrogen) atoms. The standard InChI is InChI=1S/C19H19ClN2O/c20-11-5-4-6-15-13-21-18-10-9-14(12-17(15)18)19(23)22-16-7-2-1-3-8-16/h1-3,7-10,12-13,21H,4-6,11H2,(H,22,23). The fraction of sp³-hybridized carbons (Fsp3) is 0.211. The van der Waals surface area contributed by atoms with Crippen molar-refractivity contribution in [1.82, 2.24) is 4.98 Å². The highest BCUT2D eigenvalue weighted by Gasteiger charge is 2.10. The zero-order chi connectivity index (χ0) is 16.1. The fourth-order valence-corrected chi connectivity index (χ4v) is 2.85. The zero-order valence-corrected chi connectivity index (χ0v) is 13.6. The lowest BCUT2D eigenvalue weighted by molar-refractivity contribution is 0.102. The first-order valence-corrected chi connectivity index (χ1v) is 8.34. The molecule has 4 heteroatoms. The van der Waals surface area contributed by atoms with Crippen molar-refractivity contribution in [3.05, 3.63) is 65.9 Å². The topological polar surface area (TPSA) is 44.9 Å². The molecule has 0 radical (unpaired) electrons. The number of amides is 1. The summed E-state index contributed by atoms with van der Waals surface area (Å²) >= 11 is 5.74. The number of rotatable bonds is 6. The van der Waals surface area contributed by atoms with Gasteiger partial charge in [0.1, 0.15) is 0 Å². The third-order valence-electron chi connectivity index (χ3n) is 3.89. The molecular weight excluding hydrogens is 308 g/mol. The van der Waals surface area contributed by atoms with Crippen molar-refractivity contribution in [2.75, 3.05) is 11.2 Å². The number of anilines is 1. The summed E-state index contributed by atoms with van der Waals surface area (Å²) in [5, 5.41) is 4.03. The predicted molar refractivity (Wildman–Crippen MR) is 96.4 cm³/mol. The van der Waals surface area contributed by atoms with Gasteiger partial charge in [0, 0.05) is 34.2 Å². The van der Waals surface area contributed by atoms with Gasteiger partial charge >= 0.3 is 0 Å². The van der Waals surface area contributed by atoms with Crippen LogP contribution in [0.2, 0.25) is 0 Å². The van der Waals surface area contributed by atoms with Crippen molar-refractivity contribution in [3.8, 4) is 0 Å². The molecule has 0 saturated carbocycles. The lowest BCUT2D eigenvalue weighted by Gasteiger charge is -2.06. The Labute approximate surface area is 140 Å². The molecule has 0 bridgehead atoms. The van der Waals surface area contributed by atoms with Crippen LogP contribution >= 0.6 is 11.6 Å². The summed E-state index contributed by atoms with van der Waals surface area (Å²) in [6.07, 6.45) is 5.05. The van der Waals surface area contributed by atoms with Crippen LogP contribution in [0.15, 0.2) is 54.7 Å². The van der Waals surface area contributed by atoms with Crippen molar-refractivity contribution in [2.24, 2.45) is 0 Å². The van der Waals surface area contributed by atoms with Gasteiger partial charge in [0.05, 0.1) is 0 Å². The molecule has 1 heterocycles. The molecule has 118 valence electrons. The molecule has 1 amide bonds. The van der Waals surface area contributed by atoms with E-state index in [1.165, 1.54) is 5.56 Å². The molecular formula is C19H19ClN2O. The van der Waals surface area contributed by atoms with Gasteiger partial charge in [0.15, 0.2) is 0 Å². The second-order valence-electron chi connectivity index (χ2n) is 5.54. The largest absolute Gasteiger partial charge is 0.361 e. The second-order valence-corrected chi connectivity index (χ2v) is 5.92. The normalized spacial score (nSPS) is 10.8. The molecule has 2 aromatic carbocycles. The van der Waals surface area contributed by atoms with Crippen molar-refractivity contribution in [1.29, 1.82) is 0 Å². The van der Waals surface area contributed by atoms with Gasteiger partial charge in [-0.2, -0.15) is 0 Å². The number of aromatic nitrogens is 1. The third kappa shape index (κ3) is 3.74. The van der Waals surface area contributed by atoms with Gasteiger partial charge in [-0.25, -0.2) is 0 Å². The van der Waals surface area contributed by atoms with Crippen molar-refractivity contribution in [2.45, 2.75) is 19.3 Å². The highest BCUT2D eigenvalue weighted by molar-refractivity contribution is 6.17. The fourth-order valence-electron chi connectivity index (χ4n) is 2.66. The van der Waals surface area contributed by atoms with Crippen LogP contribution < -0.4 is 5.32 Å². The van der Waals surface area contributed by atoms with Gasteiger partial charge in [0.25, 0.3) is 5.91 Å². The number of hydrogen-bond donors (Lipinski definition) is 2. The highest BCUT2D eigenvalue weighted by atomic mass is 35.5. The van der Waals surface area contributed by atoms with E-state index in [1.807, 2.05) is 54.7 Å². The molecule has 0 fully saturated rings. The highest BCUT2D eigenvalue weighted by Crippen LogP contribution is 2.22. The summed E-state index contributed by atoms with van der Waals surface area (Å²) in [6.45, 7) is 0. The minimum Gasteiger partial charge on any atom is -0.361 e. The van der Waals surface area contributed by atoms with Crippen LogP contribution in [0.3, 0.4) is 0 Å². The molecule has 0 aliphatic carbocycles. The van der Waals surface area contributed by atoms with E-state index in [4.69, 9.17) is 11.6 Å². The molecule has 2 N–H and O–H groups in total.